The first-order valence-corrected chi connectivity index (χ1v) is 5.89. The van der Waals surface area contributed by atoms with Crippen molar-refractivity contribution in [3.05, 3.63) is 28.3 Å². The van der Waals surface area contributed by atoms with Crippen LogP contribution in [0.2, 0.25) is 0 Å². The van der Waals surface area contributed by atoms with E-state index in [2.05, 4.69) is 6.92 Å². The minimum absolute atomic E-state index is 0.0426. The molecule has 0 heterocycles. The van der Waals surface area contributed by atoms with Gasteiger partial charge in [0.2, 0.25) is 0 Å². The summed E-state index contributed by atoms with van der Waals surface area (Å²) >= 11 is 0. The molecular weight excluding hydrogens is 236 g/mol. The predicted octanol–water partition coefficient (Wildman–Crippen LogP) is 2.37. The van der Waals surface area contributed by atoms with Crippen molar-refractivity contribution in [3.8, 4) is 5.75 Å². The Bertz CT molecular complexity index is 396. The maximum absolute atomic E-state index is 10.5. The van der Waals surface area contributed by atoms with E-state index in [-0.39, 0.29) is 11.4 Å². The van der Waals surface area contributed by atoms with E-state index in [1.165, 1.54) is 18.2 Å². The molecule has 0 aliphatic carbocycles. The third kappa shape index (κ3) is 4.58. The zero-order valence-electron chi connectivity index (χ0n) is 10.4. The Morgan fingerprint density at radius 1 is 1.33 bits per heavy atom. The number of unbranched alkanes of at least 4 members (excludes halogenated alkanes) is 1. The Balaban J connectivity index is 2.36. The van der Waals surface area contributed by atoms with Gasteiger partial charge in [-0.1, -0.05) is 13.3 Å². The van der Waals surface area contributed by atoms with Crippen LogP contribution in [0.25, 0.3) is 0 Å². The molecule has 0 atom stereocenters. The highest BCUT2D eigenvalue weighted by atomic mass is 16.6. The summed E-state index contributed by atoms with van der Waals surface area (Å²) in [6, 6.07) is 4.15. The number of rotatable bonds is 8. The summed E-state index contributed by atoms with van der Waals surface area (Å²) in [4.78, 5) is 10.0. The van der Waals surface area contributed by atoms with Crippen LogP contribution in [-0.2, 0) is 4.74 Å². The fourth-order valence-corrected chi connectivity index (χ4v) is 1.34. The number of nitrogens with zero attached hydrogens (tertiary/aromatic N) is 1. The van der Waals surface area contributed by atoms with Gasteiger partial charge in [0.05, 0.1) is 17.2 Å². The number of non-ortho nitro benzene ring substituents is 1. The van der Waals surface area contributed by atoms with Gasteiger partial charge in [-0.3, -0.25) is 10.1 Å². The fourth-order valence-electron chi connectivity index (χ4n) is 1.34. The van der Waals surface area contributed by atoms with E-state index in [1.807, 2.05) is 0 Å². The van der Waals surface area contributed by atoms with Gasteiger partial charge in [-0.2, -0.15) is 0 Å². The number of ether oxygens (including phenoxy) is 2. The molecule has 6 heteroatoms. The van der Waals surface area contributed by atoms with Gasteiger partial charge in [0.1, 0.15) is 12.4 Å². The van der Waals surface area contributed by atoms with Crippen molar-refractivity contribution in [2.24, 2.45) is 0 Å². The molecule has 100 valence electrons. The first kappa shape index (κ1) is 14.2. The van der Waals surface area contributed by atoms with Crippen LogP contribution >= 0.6 is 0 Å². The molecule has 1 aromatic carbocycles. The topological polar surface area (TPSA) is 87.6 Å². The van der Waals surface area contributed by atoms with Crippen LogP contribution in [-0.4, -0.2) is 24.7 Å². The van der Waals surface area contributed by atoms with Crippen molar-refractivity contribution in [2.45, 2.75) is 19.8 Å². The van der Waals surface area contributed by atoms with Gasteiger partial charge < -0.3 is 15.2 Å². The smallest absolute Gasteiger partial charge is 0.271 e. The molecule has 0 fully saturated rings. The molecule has 1 rings (SSSR count). The number of hydrogen-bond acceptors (Lipinski definition) is 5. The van der Waals surface area contributed by atoms with Crippen LogP contribution in [0.4, 0.5) is 11.4 Å². The van der Waals surface area contributed by atoms with E-state index in [0.29, 0.717) is 19.0 Å². The summed E-state index contributed by atoms with van der Waals surface area (Å²) in [6.45, 7) is 3.68. The molecule has 1 aromatic rings. The molecule has 0 bridgehead atoms. The number of nitro groups is 1. The Morgan fingerprint density at radius 3 is 2.72 bits per heavy atom. The number of hydrogen-bond donors (Lipinski definition) is 1. The summed E-state index contributed by atoms with van der Waals surface area (Å²) in [5.74, 6) is 0.444. The van der Waals surface area contributed by atoms with Crippen LogP contribution in [0, 0.1) is 10.1 Å². The maximum Gasteiger partial charge on any atom is 0.271 e. The van der Waals surface area contributed by atoms with E-state index < -0.39 is 4.92 Å². The van der Waals surface area contributed by atoms with Gasteiger partial charge in [-0.15, -0.1) is 0 Å². The van der Waals surface area contributed by atoms with E-state index >= 15 is 0 Å². The average molecular weight is 254 g/mol. The zero-order valence-corrected chi connectivity index (χ0v) is 10.4. The van der Waals surface area contributed by atoms with Crippen LogP contribution in [0.15, 0.2) is 18.2 Å². The van der Waals surface area contributed by atoms with Gasteiger partial charge in [0, 0.05) is 18.7 Å². The third-order valence-electron chi connectivity index (χ3n) is 2.33. The van der Waals surface area contributed by atoms with Gasteiger partial charge in [-0.25, -0.2) is 0 Å². The highest BCUT2D eigenvalue weighted by molar-refractivity contribution is 5.58. The lowest BCUT2D eigenvalue weighted by Crippen LogP contribution is -2.08. The normalized spacial score (nSPS) is 10.3. The second-order valence-corrected chi connectivity index (χ2v) is 3.79. The van der Waals surface area contributed by atoms with Crippen molar-refractivity contribution in [1.29, 1.82) is 0 Å². The summed E-state index contributed by atoms with van der Waals surface area (Å²) in [6.07, 6.45) is 2.12. The molecular formula is C12H18N2O4. The monoisotopic (exact) mass is 254 g/mol. The van der Waals surface area contributed by atoms with Crippen LogP contribution in [0.1, 0.15) is 19.8 Å². The standard InChI is InChI=1S/C12H18N2O4/c1-2-3-6-17-7-8-18-12-5-4-10(14(15)16)9-11(12)13/h4-5,9H,2-3,6-8,13H2,1H3. The summed E-state index contributed by atoms with van der Waals surface area (Å²) in [5.41, 5.74) is 5.87. The molecule has 2 N–H and O–H groups in total. The highest BCUT2D eigenvalue weighted by Crippen LogP contribution is 2.25. The van der Waals surface area contributed by atoms with Crippen molar-refractivity contribution in [3.63, 3.8) is 0 Å². The zero-order chi connectivity index (χ0) is 13.4. The van der Waals surface area contributed by atoms with E-state index in [0.717, 1.165) is 19.4 Å². The molecule has 6 nitrogen and oxygen atoms in total. The Kier molecular flexibility index (Phi) is 5.93. The lowest BCUT2D eigenvalue weighted by atomic mass is 10.2. The summed E-state index contributed by atoms with van der Waals surface area (Å²) in [5, 5.41) is 10.5. The number of nitro benzene ring substituents is 1. The van der Waals surface area contributed by atoms with Crippen molar-refractivity contribution in [2.75, 3.05) is 25.6 Å². The highest BCUT2D eigenvalue weighted by Gasteiger charge is 2.09. The largest absolute Gasteiger partial charge is 0.489 e. The van der Waals surface area contributed by atoms with E-state index in [4.69, 9.17) is 15.2 Å². The number of nitrogens with two attached hydrogens (primary N) is 1. The van der Waals surface area contributed by atoms with Gasteiger partial charge in [-0.05, 0) is 12.5 Å². The third-order valence-corrected chi connectivity index (χ3v) is 2.33. The molecule has 0 aliphatic heterocycles. The summed E-state index contributed by atoms with van der Waals surface area (Å²) < 4.78 is 10.7. The lowest BCUT2D eigenvalue weighted by Gasteiger charge is -2.08. The van der Waals surface area contributed by atoms with E-state index in [9.17, 15) is 10.1 Å². The summed E-state index contributed by atoms with van der Waals surface area (Å²) in [7, 11) is 0. The Hall–Kier alpha value is -1.82. The second kappa shape index (κ2) is 7.50. The minimum atomic E-state index is -0.492. The molecule has 0 unspecified atom stereocenters. The van der Waals surface area contributed by atoms with Crippen LogP contribution in [0.3, 0.4) is 0 Å². The molecule has 0 saturated heterocycles. The fraction of sp³-hybridized carbons (Fsp3) is 0.500. The molecule has 0 amide bonds. The maximum atomic E-state index is 10.5. The number of anilines is 1. The second-order valence-electron chi connectivity index (χ2n) is 3.79. The Morgan fingerprint density at radius 2 is 2.11 bits per heavy atom. The van der Waals surface area contributed by atoms with Crippen molar-refractivity contribution < 1.29 is 14.4 Å². The van der Waals surface area contributed by atoms with Gasteiger partial charge in [0.15, 0.2) is 0 Å². The van der Waals surface area contributed by atoms with Gasteiger partial charge in [0.25, 0.3) is 5.69 Å². The number of benzene rings is 1. The first-order chi connectivity index (χ1) is 8.65. The molecule has 0 aromatic heterocycles. The minimum Gasteiger partial charge on any atom is -0.489 e. The SMILES string of the molecule is CCCCOCCOc1ccc([N+](=O)[O-])cc1N. The Labute approximate surface area is 106 Å². The molecule has 0 spiro atoms. The lowest BCUT2D eigenvalue weighted by molar-refractivity contribution is -0.384. The molecule has 0 radical (unpaired) electrons. The van der Waals surface area contributed by atoms with Gasteiger partial charge >= 0.3 is 0 Å². The predicted molar refractivity (Wildman–Crippen MR) is 68.7 cm³/mol. The van der Waals surface area contributed by atoms with Crippen LogP contribution < -0.4 is 10.5 Å². The van der Waals surface area contributed by atoms with E-state index in [1.54, 1.807) is 0 Å². The van der Waals surface area contributed by atoms with Crippen molar-refractivity contribution in [1.82, 2.24) is 0 Å². The quantitative estimate of drug-likeness (QED) is 0.333. The van der Waals surface area contributed by atoms with Crippen molar-refractivity contribution >= 4 is 11.4 Å². The molecule has 0 saturated carbocycles. The molecule has 0 aliphatic rings. The average Bonchev–Trinajstić information content (AvgIpc) is 2.35. The first-order valence-electron chi connectivity index (χ1n) is 5.89. The number of nitrogen functional groups attached to an aromatic ring is 1. The molecule has 18 heavy (non-hydrogen) atoms. The van der Waals surface area contributed by atoms with Crippen LogP contribution in [0.5, 0.6) is 5.75 Å².